The molecule has 0 spiro atoms. The summed E-state index contributed by atoms with van der Waals surface area (Å²) in [6, 6.07) is 21.6. The Morgan fingerprint density at radius 3 is 1.93 bits per heavy atom. The molecule has 5 aliphatic rings. The van der Waals surface area contributed by atoms with Crippen molar-refractivity contribution in [2.75, 3.05) is 36.8 Å². The Morgan fingerprint density at radius 2 is 1.27 bits per heavy atom. The number of likely N-dealkylation sites (tertiary alicyclic amines) is 1. The van der Waals surface area contributed by atoms with Crippen LogP contribution in [-0.4, -0.2) is 176 Å². The van der Waals surface area contributed by atoms with Crippen LogP contribution in [0.1, 0.15) is 212 Å². The molecule has 7 amide bonds. The largest absolute Gasteiger partial charge is 0.508 e. The van der Waals surface area contributed by atoms with E-state index in [-0.39, 0.29) is 143 Å². The summed E-state index contributed by atoms with van der Waals surface area (Å²) in [5.41, 5.74) is 5.76. The van der Waals surface area contributed by atoms with Crippen LogP contribution < -0.4 is 36.9 Å². The van der Waals surface area contributed by atoms with Gasteiger partial charge in [0, 0.05) is 163 Å². The molecule has 0 bridgehead atoms. The number of carboxylic acid groups (broad SMARTS) is 1. The van der Waals surface area contributed by atoms with Gasteiger partial charge in [-0.15, -0.1) is 11.8 Å². The molecule has 30 heteroatoms. The minimum Gasteiger partial charge on any atom is -0.508 e. The number of nitrogens with zero attached hydrogens (tertiary/aromatic N) is 3. The summed E-state index contributed by atoms with van der Waals surface area (Å²) in [6.45, 7) is 24.1. The molecule has 124 heavy (non-hydrogen) atoms. The van der Waals surface area contributed by atoms with E-state index in [0.717, 1.165) is 57.9 Å². The van der Waals surface area contributed by atoms with Gasteiger partial charge in [-0.2, -0.15) is 13.0 Å². The predicted octanol–water partition coefficient (Wildman–Crippen LogP) is 12.2. The van der Waals surface area contributed by atoms with Crippen LogP contribution in [0.4, 0.5) is 11.4 Å². The number of anilines is 1. The van der Waals surface area contributed by atoms with Gasteiger partial charge < -0.3 is 50.9 Å². The number of thioether (sulfide) groups is 1. The standard InChI is InChI=1S/C94H114N8O20S2/c1-14-100-75-40-36-67(124(119,120)121)51-73(75)94(12,13)82(100)31-18-15-19-32-83-93(10,11)72-29-20-21-30-74(72)101(83)42-24-16-17-27-64(104)28-25-43-102-84(110)52-81(91(102)116)123-53-63(46-57(6)103)90(115)99-59(8)77(108)45-56(5)87(112)97-60(9)78(109)48-61(89(114)98-58(7)76(107)44-55(4)86(111)96-54(2)3)26-22-23-41-95-88(113)62-33-37-68(92(117)118)71(47-62)85-69-38-34-65(105)49-79(69)122-80-50-66(106)35-39-70(80)85/h15,18-21,29-40,47,49-51,54-56,58-61,63,81H,14,16-17,22-28,41-46,48,52-53H2,1-13H3,(H7-,95,96,97,98,99,105,106,111,112,113,114,115,117,118,119,120,121)/p+1/t55-,56-,58+,59+,60+,61-,63+,81?/m0/s1. The maximum Gasteiger partial charge on any atom is 0.336 e. The molecule has 662 valence electrons. The molecule has 1 saturated heterocycles. The van der Waals surface area contributed by atoms with Crippen molar-refractivity contribution in [1.82, 2.24) is 31.5 Å². The first-order valence-corrected chi connectivity index (χ1v) is 44.8. The lowest BCUT2D eigenvalue weighted by atomic mass is 9.81. The first-order chi connectivity index (χ1) is 58.5. The highest BCUT2D eigenvalue weighted by molar-refractivity contribution is 8.00. The van der Waals surface area contributed by atoms with E-state index < -0.39 is 134 Å². The average molecular weight is 1740 g/mol. The SMILES string of the molecule is CC[N+]1=C(/C=C/C=C/C=C2/N(CCCCCC(=O)CCCN3C(=O)CC(SC[C@@H](CC(C)=O)C(=O)N[C@H](C)C(=O)C[C@H](C)C(=O)N[C@H](C)C(=O)C[C@H](CCCCNC(=O)c4ccc(C(=O)O)c(-c5c6ccc(=O)cc-6oc6cc(O)ccc56)c4)C(=O)N[C@H](C)C(=O)C[C@H](C)C(=O)NC(C)C)C3=O)c3ccccc3C2(C)C)C(C)(C)c2cc(S(=O)(=O)O)ccc21. The monoisotopic (exact) mass is 1740 g/mol. The molecule has 0 radical (unpaired) electrons. The second-order valence-electron chi connectivity index (χ2n) is 34.0. The number of carbonyl (C=O) groups excluding carboxylic acids is 12. The number of para-hydroxylation sites is 1. The quantitative estimate of drug-likeness (QED) is 0.00439. The van der Waals surface area contributed by atoms with Crippen LogP contribution in [0.2, 0.25) is 0 Å². The van der Waals surface area contributed by atoms with E-state index in [2.05, 4.69) is 68.1 Å². The minimum atomic E-state index is -4.38. The second kappa shape index (κ2) is 42.3. The lowest BCUT2D eigenvalue weighted by Crippen LogP contribution is -2.46. The fourth-order valence-electron chi connectivity index (χ4n) is 16.2. The average Bonchev–Trinajstić information content (AvgIpc) is 1.42. The van der Waals surface area contributed by atoms with Crippen molar-refractivity contribution in [3.63, 3.8) is 0 Å². The van der Waals surface area contributed by atoms with Gasteiger partial charge in [0.1, 0.15) is 35.2 Å². The highest BCUT2D eigenvalue weighted by atomic mass is 32.2. The smallest absolute Gasteiger partial charge is 0.336 e. The van der Waals surface area contributed by atoms with E-state index in [0.29, 0.717) is 42.4 Å². The number of carbonyl (C=O) groups is 13. The maximum atomic E-state index is 14.1. The number of Topliss-reactive ketones (excluding diaryl/α,β-unsaturated/α-hetero) is 5. The number of ketones is 5. The third-order valence-electron chi connectivity index (χ3n) is 23.2. The van der Waals surface area contributed by atoms with E-state index in [4.69, 9.17) is 4.42 Å². The number of carboxylic acids is 1. The summed E-state index contributed by atoms with van der Waals surface area (Å²) in [7, 11) is -4.38. The molecule has 1 fully saturated rings. The number of rotatable bonds is 45. The Kier molecular flexibility index (Phi) is 32.9. The van der Waals surface area contributed by atoms with Gasteiger partial charge in [-0.05, 0) is 172 Å². The highest BCUT2D eigenvalue weighted by Gasteiger charge is 2.46. The fourth-order valence-corrected chi connectivity index (χ4v) is 17.9. The summed E-state index contributed by atoms with van der Waals surface area (Å²) in [4.78, 5) is 191. The van der Waals surface area contributed by atoms with Gasteiger partial charge in [-0.3, -0.25) is 67.0 Å². The summed E-state index contributed by atoms with van der Waals surface area (Å²) in [5, 5.41) is 33.7. The molecule has 8 N–H and O–H groups in total. The number of unbranched alkanes of at least 4 members (excludes halogenated alkanes) is 3. The summed E-state index contributed by atoms with van der Waals surface area (Å²) < 4.78 is 41.9. The van der Waals surface area contributed by atoms with Gasteiger partial charge in [-0.1, -0.05) is 77.0 Å². The van der Waals surface area contributed by atoms with E-state index in [9.17, 15) is 90.3 Å². The first kappa shape index (κ1) is 96.5. The number of nitrogens with one attached hydrogen (secondary N) is 5. The molecule has 4 heterocycles. The number of aromatic hydroxyl groups is 1. The number of benzene rings is 5. The van der Waals surface area contributed by atoms with Crippen LogP contribution in [0.3, 0.4) is 0 Å². The van der Waals surface area contributed by atoms with Gasteiger partial charge in [0.25, 0.3) is 16.0 Å². The molecule has 4 aromatic carbocycles. The molecule has 1 unspecified atom stereocenters. The number of fused-ring (bicyclic) bond motifs is 4. The van der Waals surface area contributed by atoms with Gasteiger partial charge in [0.15, 0.2) is 28.5 Å². The molecule has 0 saturated carbocycles. The molecule has 1 aliphatic carbocycles. The maximum absolute atomic E-state index is 14.1. The lowest BCUT2D eigenvalue weighted by molar-refractivity contribution is -0.433. The zero-order valence-electron chi connectivity index (χ0n) is 72.7. The van der Waals surface area contributed by atoms with E-state index in [1.807, 2.05) is 57.2 Å². The van der Waals surface area contributed by atoms with Crippen molar-refractivity contribution < 1.29 is 94.5 Å². The van der Waals surface area contributed by atoms with Crippen molar-refractivity contribution >= 4 is 126 Å². The van der Waals surface area contributed by atoms with Crippen LogP contribution in [0, 0.1) is 23.7 Å². The van der Waals surface area contributed by atoms with E-state index >= 15 is 0 Å². The van der Waals surface area contributed by atoms with Gasteiger partial charge in [0.05, 0.1) is 45.2 Å². The van der Waals surface area contributed by atoms with Crippen molar-refractivity contribution in [3.8, 4) is 28.2 Å². The van der Waals surface area contributed by atoms with E-state index in [1.54, 1.807) is 32.9 Å². The number of aromatic carboxylic acids is 1. The zero-order valence-corrected chi connectivity index (χ0v) is 74.3. The van der Waals surface area contributed by atoms with Crippen LogP contribution in [0.25, 0.3) is 33.4 Å². The molecule has 9 rings (SSSR count). The van der Waals surface area contributed by atoms with Crippen molar-refractivity contribution in [2.24, 2.45) is 23.7 Å². The zero-order chi connectivity index (χ0) is 91.0. The van der Waals surface area contributed by atoms with Crippen LogP contribution in [0.15, 0.2) is 147 Å². The molecular weight excluding hydrogens is 1630 g/mol. The third-order valence-corrected chi connectivity index (χ3v) is 25.4. The summed E-state index contributed by atoms with van der Waals surface area (Å²) in [6.07, 6.45) is 12.3. The van der Waals surface area contributed by atoms with Crippen LogP contribution in [-0.2, 0) is 73.7 Å². The van der Waals surface area contributed by atoms with Gasteiger partial charge in [-0.25, -0.2) is 4.79 Å². The molecule has 4 aromatic rings. The Bertz CT molecular complexity index is 5410. The van der Waals surface area contributed by atoms with E-state index in [1.165, 1.54) is 101 Å². The Morgan fingerprint density at radius 1 is 0.637 bits per heavy atom. The Balaban J connectivity index is 0.719. The Hall–Kier alpha value is -11.4. The molecule has 0 aromatic heterocycles. The van der Waals surface area contributed by atoms with Crippen molar-refractivity contribution in [3.05, 3.63) is 166 Å². The number of allylic oxidation sites excluding steroid dienone is 6. The predicted molar refractivity (Wildman–Crippen MR) is 473 cm³/mol. The molecular formula is C94H115N8O20S2+. The fraction of sp³-hybridized carbons (Fsp3) is 0.457. The number of hydrogen-bond acceptors (Lipinski definition) is 20. The first-order valence-electron chi connectivity index (χ1n) is 42.3. The number of amides is 7. The topological polar surface area (TPSA) is 417 Å². The van der Waals surface area contributed by atoms with Crippen LogP contribution in [0.5, 0.6) is 5.75 Å². The lowest BCUT2D eigenvalue weighted by Gasteiger charge is -2.27. The Labute approximate surface area is 727 Å². The minimum absolute atomic E-state index is 0.0115. The van der Waals surface area contributed by atoms with Crippen molar-refractivity contribution in [2.45, 2.75) is 225 Å². The van der Waals surface area contributed by atoms with Gasteiger partial charge >= 0.3 is 5.97 Å². The number of hydrogen-bond donors (Lipinski definition) is 8. The summed E-state index contributed by atoms with van der Waals surface area (Å²) in [5.74, 6) is -11.0. The second-order valence-corrected chi connectivity index (χ2v) is 36.6. The molecule has 4 aliphatic heterocycles. The number of phenolic OH excluding ortho intramolecular Hbond substituents is 1. The third kappa shape index (κ3) is 24.2. The summed E-state index contributed by atoms with van der Waals surface area (Å²) >= 11 is 1.05. The molecule has 8 atom stereocenters. The van der Waals surface area contributed by atoms with Crippen LogP contribution >= 0.6 is 11.8 Å². The molecule has 28 nitrogen and oxygen atoms in total. The van der Waals surface area contributed by atoms with Crippen molar-refractivity contribution in [1.29, 1.82) is 0 Å². The number of imide groups is 1. The normalized spacial score (nSPS) is 16.9. The number of phenols is 1. The van der Waals surface area contributed by atoms with Gasteiger partial charge in [0.2, 0.25) is 41.1 Å². The highest BCUT2D eigenvalue weighted by Crippen LogP contribution is 2.49.